The Hall–Kier alpha value is -2.31. The summed E-state index contributed by atoms with van der Waals surface area (Å²) in [5.74, 6) is 0.402. The number of allylic oxidation sites excluding steroid dienone is 4. The molecule has 6 nitrogen and oxygen atoms in total. The van der Waals surface area contributed by atoms with Crippen LogP contribution in [-0.4, -0.2) is 35.5 Å². The van der Waals surface area contributed by atoms with Crippen molar-refractivity contribution in [3.63, 3.8) is 0 Å². The van der Waals surface area contributed by atoms with E-state index < -0.39 is 0 Å². The number of phenols is 1. The van der Waals surface area contributed by atoms with E-state index >= 15 is 0 Å². The van der Waals surface area contributed by atoms with Crippen LogP contribution in [-0.2, 0) is 11.2 Å². The molecular formula is C24H37Cl2N3O3. The lowest BCUT2D eigenvalue weighted by Crippen LogP contribution is -2.32. The Kier molecular flexibility index (Phi) is 19.3. The number of carbonyl (C=O) groups excluding carboxylic acids is 1. The number of hydrogen-bond acceptors (Lipinski definition) is 5. The lowest BCUT2D eigenvalue weighted by molar-refractivity contribution is -0.106. The predicted octanol–water partition coefficient (Wildman–Crippen LogP) is 6.39. The highest BCUT2D eigenvalue weighted by Crippen LogP contribution is 2.27. The topological polar surface area (TPSA) is 96.0 Å². The van der Waals surface area contributed by atoms with E-state index in [1.807, 2.05) is 43.9 Å². The number of nitrogens with two attached hydrogens (primary N) is 1. The van der Waals surface area contributed by atoms with Gasteiger partial charge in [0, 0.05) is 13.1 Å². The summed E-state index contributed by atoms with van der Waals surface area (Å²) in [6.07, 6.45) is 6.18. The van der Waals surface area contributed by atoms with Gasteiger partial charge in [-0.1, -0.05) is 73.9 Å². The molecule has 0 aliphatic rings. The minimum Gasteiger partial charge on any atom is -0.508 e. The van der Waals surface area contributed by atoms with Crippen LogP contribution in [0.2, 0.25) is 0 Å². The average Bonchev–Trinajstić information content (AvgIpc) is 2.79. The van der Waals surface area contributed by atoms with E-state index in [0.29, 0.717) is 34.5 Å². The van der Waals surface area contributed by atoms with E-state index in [-0.39, 0.29) is 12.5 Å². The van der Waals surface area contributed by atoms with Crippen LogP contribution in [0.15, 0.2) is 57.9 Å². The molecule has 32 heavy (non-hydrogen) atoms. The number of primary amides is 1. The molecule has 0 saturated carbocycles. The van der Waals surface area contributed by atoms with Gasteiger partial charge < -0.3 is 15.7 Å². The number of hydrogen-bond donors (Lipinski definition) is 2. The summed E-state index contributed by atoms with van der Waals surface area (Å²) >= 11 is 12.4. The zero-order valence-electron chi connectivity index (χ0n) is 19.8. The van der Waals surface area contributed by atoms with Gasteiger partial charge in [-0.15, -0.1) is 0 Å². The first kappa shape index (κ1) is 31.9. The summed E-state index contributed by atoms with van der Waals surface area (Å²) in [5, 5.41) is 13.4. The Morgan fingerprint density at radius 1 is 1.31 bits per heavy atom. The molecule has 1 aromatic carbocycles. The van der Waals surface area contributed by atoms with Crippen LogP contribution in [0.3, 0.4) is 0 Å². The SMILES string of the molecule is C=C/C(Cl)=C(\C(Cl)=C/C)N(CCC)CC(CC)N=O.CCc1ccc(C)c(O)c1.NC=O. The molecule has 1 amide bonds. The number of nitroso groups, excluding NO2 is 1. The number of benzene rings is 1. The highest BCUT2D eigenvalue weighted by atomic mass is 35.5. The normalized spacial score (nSPS) is 12.2. The summed E-state index contributed by atoms with van der Waals surface area (Å²) in [7, 11) is 0. The van der Waals surface area contributed by atoms with E-state index in [2.05, 4.69) is 31.3 Å². The minimum atomic E-state index is -0.267. The summed E-state index contributed by atoms with van der Waals surface area (Å²) in [6, 6.07) is 5.52. The molecule has 8 heteroatoms. The van der Waals surface area contributed by atoms with Crippen molar-refractivity contribution in [3.05, 3.63) is 68.7 Å². The summed E-state index contributed by atoms with van der Waals surface area (Å²) < 4.78 is 0. The maximum absolute atomic E-state index is 10.8. The number of rotatable bonds is 10. The van der Waals surface area contributed by atoms with E-state index in [4.69, 9.17) is 28.0 Å². The standard InChI is InChI=1S/C14H22Cl2N2O.C9H12O.CH3NO/c1-5-9-18(10-11(6-2)17-19)14(12(15)7-3)13(16)8-4;1-3-8-5-4-7(2)9(10)6-8;2-1-3/h7-8,11H,3,5-6,9-10H2,1-2,4H3;4-6,10H,3H2,1-2H3;1H,(H2,2,3)/b13-8+,14-12-;;. The fourth-order valence-electron chi connectivity index (χ4n) is 2.58. The van der Waals surface area contributed by atoms with Crippen molar-refractivity contribution < 1.29 is 9.90 Å². The molecule has 0 bridgehead atoms. The van der Waals surface area contributed by atoms with E-state index in [9.17, 15) is 10.0 Å². The molecule has 180 valence electrons. The van der Waals surface area contributed by atoms with Crippen LogP contribution in [0.5, 0.6) is 5.75 Å². The van der Waals surface area contributed by atoms with Crippen molar-refractivity contribution in [3.8, 4) is 5.75 Å². The van der Waals surface area contributed by atoms with Crippen molar-refractivity contribution in [1.82, 2.24) is 4.90 Å². The minimum absolute atomic E-state index is 0.250. The van der Waals surface area contributed by atoms with Gasteiger partial charge in [0.05, 0.1) is 15.8 Å². The molecule has 1 atom stereocenters. The second kappa shape index (κ2) is 19.4. The number of phenolic OH excluding ortho intramolecular Hbond substituents is 1. The second-order valence-electron chi connectivity index (χ2n) is 6.76. The number of nitrogens with zero attached hydrogens (tertiary/aromatic N) is 2. The molecule has 0 spiro atoms. The Morgan fingerprint density at radius 2 is 1.91 bits per heavy atom. The first-order valence-corrected chi connectivity index (χ1v) is 11.3. The predicted molar refractivity (Wildman–Crippen MR) is 137 cm³/mol. The number of aromatic hydroxyl groups is 1. The van der Waals surface area contributed by atoms with Crippen molar-refractivity contribution >= 4 is 29.6 Å². The molecule has 1 rings (SSSR count). The molecule has 1 aromatic rings. The van der Waals surface area contributed by atoms with E-state index in [1.54, 1.807) is 12.2 Å². The molecular weight excluding hydrogens is 449 g/mol. The van der Waals surface area contributed by atoms with Crippen molar-refractivity contribution in [2.24, 2.45) is 10.9 Å². The van der Waals surface area contributed by atoms with Gasteiger partial charge in [-0.25, -0.2) is 0 Å². The zero-order valence-corrected chi connectivity index (χ0v) is 21.3. The Labute approximate surface area is 202 Å². The van der Waals surface area contributed by atoms with Crippen LogP contribution in [0.25, 0.3) is 0 Å². The maximum atomic E-state index is 10.8. The Bertz CT molecular complexity index is 765. The number of aryl methyl sites for hydroxylation is 2. The number of halogens is 2. The Balaban J connectivity index is 0. The fourth-order valence-corrected chi connectivity index (χ4v) is 3.07. The van der Waals surface area contributed by atoms with E-state index in [0.717, 1.165) is 24.9 Å². The molecule has 0 aliphatic heterocycles. The Morgan fingerprint density at radius 3 is 2.28 bits per heavy atom. The third-order valence-corrected chi connectivity index (χ3v) is 5.16. The van der Waals surface area contributed by atoms with Gasteiger partial charge in [0.1, 0.15) is 11.8 Å². The summed E-state index contributed by atoms with van der Waals surface area (Å²) in [4.78, 5) is 21.4. The smallest absolute Gasteiger partial charge is 0.204 e. The molecule has 0 heterocycles. The van der Waals surface area contributed by atoms with Crippen molar-refractivity contribution in [1.29, 1.82) is 0 Å². The van der Waals surface area contributed by atoms with Gasteiger partial charge in [-0.05, 0) is 56.4 Å². The monoisotopic (exact) mass is 485 g/mol. The van der Waals surface area contributed by atoms with Gasteiger partial charge in [-0.2, -0.15) is 4.91 Å². The van der Waals surface area contributed by atoms with Gasteiger partial charge >= 0.3 is 0 Å². The zero-order chi connectivity index (χ0) is 25.1. The molecule has 0 radical (unpaired) electrons. The molecule has 1 unspecified atom stereocenters. The van der Waals surface area contributed by atoms with Crippen molar-refractivity contribution in [2.45, 2.75) is 59.9 Å². The molecule has 0 saturated heterocycles. The maximum Gasteiger partial charge on any atom is 0.204 e. The van der Waals surface area contributed by atoms with Crippen LogP contribution < -0.4 is 5.73 Å². The molecule has 3 N–H and O–H groups in total. The average molecular weight is 486 g/mol. The first-order valence-electron chi connectivity index (χ1n) is 10.6. The summed E-state index contributed by atoms with van der Waals surface area (Å²) in [6.45, 7) is 14.8. The third-order valence-electron chi connectivity index (χ3n) is 4.43. The van der Waals surface area contributed by atoms with E-state index in [1.165, 1.54) is 5.56 Å². The van der Waals surface area contributed by atoms with Crippen molar-refractivity contribution in [2.75, 3.05) is 13.1 Å². The lowest BCUT2D eigenvalue weighted by Gasteiger charge is -2.29. The third kappa shape index (κ3) is 12.5. The highest BCUT2D eigenvalue weighted by molar-refractivity contribution is 6.36. The quantitative estimate of drug-likeness (QED) is 0.228. The van der Waals surface area contributed by atoms with Crippen LogP contribution in [0.4, 0.5) is 0 Å². The van der Waals surface area contributed by atoms with Gasteiger partial charge in [0.2, 0.25) is 6.41 Å². The summed E-state index contributed by atoms with van der Waals surface area (Å²) in [5.41, 5.74) is 7.00. The second-order valence-corrected chi connectivity index (χ2v) is 7.58. The largest absolute Gasteiger partial charge is 0.508 e. The number of amides is 1. The molecule has 0 fully saturated rings. The van der Waals surface area contributed by atoms with Gasteiger partial charge in [-0.3, -0.25) is 4.79 Å². The molecule has 0 aliphatic carbocycles. The molecule has 0 aromatic heterocycles. The van der Waals surface area contributed by atoms with Crippen LogP contribution in [0, 0.1) is 11.8 Å². The lowest BCUT2D eigenvalue weighted by atomic mass is 10.1. The highest BCUT2D eigenvalue weighted by Gasteiger charge is 2.19. The van der Waals surface area contributed by atoms with Gasteiger partial charge in [0.15, 0.2) is 0 Å². The number of carbonyl (C=O) groups is 1. The van der Waals surface area contributed by atoms with Crippen LogP contribution in [0.1, 0.15) is 51.7 Å². The fraction of sp³-hybridized carbons (Fsp3) is 0.458. The van der Waals surface area contributed by atoms with Gasteiger partial charge in [0.25, 0.3) is 0 Å². The first-order chi connectivity index (χ1) is 15.2. The van der Waals surface area contributed by atoms with Crippen LogP contribution >= 0.6 is 23.2 Å².